The van der Waals surface area contributed by atoms with Gasteiger partial charge in [-0.3, -0.25) is 0 Å². The van der Waals surface area contributed by atoms with Crippen molar-refractivity contribution in [3.63, 3.8) is 0 Å². The molecule has 0 saturated heterocycles. The third-order valence-electron chi connectivity index (χ3n) is 2.03. The van der Waals surface area contributed by atoms with Gasteiger partial charge in [0.15, 0.2) is 5.82 Å². The summed E-state index contributed by atoms with van der Waals surface area (Å²) < 4.78 is 4.87. The van der Waals surface area contributed by atoms with Crippen LogP contribution in [-0.4, -0.2) is 15.1 Å². The van der Waals surface area contributed by atoms with Crippen LogP contribution < -0.4 is 0 Å². The van der Waals surface area contributed by atoms with Gasteiger partial charge in [-0.1, -0.05) is 16.9 Å². The summed E-state index contributed by atoms with van der Waals surface area (Å²) in [7, 11) is 0. The molecule has 0 bridgehead atoms. The molecule has 5 nitrogen and oxygen atoms in total. The van der Waals surface area contributed by atoms with E-state index in [1.807, 2.05) is 13.0 Å². The monoisotopic (exact) mass is 246 g/mol. The first-order chi connectivity index (χ1) is 8.19. The van der Waals surface area contributed by atoms with E-state index in [1.54, 1.807) is 13.0 Å². The van der Waals surface area contributed by atoms with Gasteiger partial charge in [0.1, 0.15) is 11.1 Å². The summed E-state index contributed by atoms with van der Waals surface area (Å²) in [5.41, 5.74) is 1.46. The second kappa shape index (κ2) is 4.97. The van der Waals surface area contributed by atoms with Crippen LogP contribution >= 0.6 is 11.8 Å². The molecule has 86 valence electrons. The molecule has 0 aliphatic carbocycles. The average molecular weight is 246 g/mol. The first kappa shape index (κ1) is 11.6. The average Bonchev–Trinajstić information content (AvgIpc) is 2.73. The number of nitrogens with zero attached hydrogens (tertiary/aromatic N) is 4. The summed E-state index contributed by atoms with van der Waals surface area (Å²) in [4.78, 5) is 8.41. The number of rotatable bonds is 3. The van der Waals surface area contributed by atoms with E-state index in [0.717, 1.165) is 5.69 Å². The van der Waals surface area contributed by atoms with E-state index >= 15 is 0 Å². The number of hydrogen-bond acceptors (Lipinski definition) is 6. The Balaban J connectivity index is 2.13. The number of aryl methyl sites for hydroxylation is 2. The van der Waals surface area contributed by atoms with Gasteiger partial charge in [0.2, 0.25) is 5.89 Å². The van der Waals surface area contributed by atoms with Crippen molar-refractivity contribution >= 4 is 11.8 Å². The molecule has 6 heteroatoms. The molecule has 0 spiro atoms. The molecule has 0 fully saturated rings. The maximum atomic E-state index is 8.96. The minimum absolute atomic E-state index is 0.540. The summed E-state index contributed by atoms with van der Waals surface area (Å²) in [5.74, 6) is 1.70. The zero-order chi connectivity index (χ0) is 12.3. The molecule has 0 aliphatic heterocycles. The normalized spacial score (nSPS) is 10.2. The van der Waals surface area contributed by atoms with Crippen molar-refractivity contribution in [2.75, 3.05) is 0 Å². The van der Waals surface area contributed by atoms with Crippen LogP contribution in [0.25, 0.3) is 0 Å². The third-order valence-corrected chi connectivity index (χ3v) is 3.01. The summed E-state index contributed by atoms with van der Waals surface area (Å²) >= 11 is 1.43. The number of pyridine rings is 1. The Labute approximate surface area is 103 Å². The Morgan fingerprint density at radius 2 is 2.18 bits per heavy atom. The summed E-state index contributed by atoms with van der Waals surface area (Å²) in [6.45, 7) is 3.64. The van der Waals surface area contributed by atoms with Crippen LogP contribution in [0.5, 0.6) is 0 Å². The predicted octanol–water partition coefficient (Wildman–Crippen LogP) is 2.25. The second-order valence-electron chi connectivity index (χ2n) is 3.44. The molecular weight excluding hydrogens is 236 g/mol. The van der Waals surface area contributed by atoms with Crippen LogP contribution in [0.15, 0.2) is 21.7 Å². The van der Waals surface area contributed by atoms with Crippen molar-refractivity contribution < 1.29 is 4.52 Å². The van der Waals surface area contributed by atoms with Crippen molar-refractivity contribution in [3.05, 3.63) is 35.1 Å². The number of thioether (sulfide) groups is 1. The van der Waals surface area contributed by atoms with E-state index in [-0.39, 0.29) is 0 Å². The molecule has 2 aromatic heterocycles. The number of hydrogen-bond donors (Lipinski definition) is 0. The maximum absolute atomic E-state index is 8.96. The molecule has 2 rings (SSSR count). The Bertz CT molecular complexity index is 573. The maximum Gasteiger partial charge on any atom is 0.223 e. The Morgan fingerprint density at radius 3 is 2.82 bits per heavy atom. The highest BCUT2D eigenvalue weighted by atomic mass is 32.2. The van der Waals surface area contributed by atoms with Crippen LogP contribution in [0.2, 0.25) is 0 Å². The van der Waals surface area contributed by atoms with E-state index in [2.05, 4.69) is 21.2 Å². The highest BCUT2D eigenvalue weighted by molar-refractivity contribution is 7.98. The van der Waals surface area contributed by atoms with Crippen LogP contribution in [0.3, 0.4) is 0 Å². The SMILES string of the molecule is Cc1ccc(C#N)c(SCc2noc(C)n2)n1. The first-order valence-corrected chi connectivity index (χ1v) is 5.97. The van der Waals surface area contributed by atoms with E-state index in [1.165, 1.54) is 11.8 Å². The summed E-state index contributed by atoms with van der Waals surface area (Å²) in [6.07, 6.45) is 0. The Kier molecular flexibility index (Phi) is 3.40. The quantitative estimate of drug-likeness (QED) is 0.773. The van der Waals surface area contributed by atoms with Crippen molar-refractivity contribution in [2.45, 2.75) is 24.6 Å². The van der Waals surface area contributed by atoms with Crippen molar-refractivity contribution in [1.82, 2.24) is 15.1 Å². The van der Waals surface area contributed by atoms with Crippen molar-refractivity contribution in [2.24, 2.45) is 0 Å². The molecule has 0 aromatic carbocycles. The van der Waals surface area contributed by atoms with Gasteiger partial charge in [-0.2, -0.15) is 10.2 Å². The fraction of sp³-hybridized carbons (Fsp3) is 0.273. The lowest BCUT2D eigenvalue weighted by Gasteiger charge is -2.01. The zero-order valence-electron chi connectivity index (χ0n) is 9.47. The highest BCUT2D eigenvalue weighted by Crippen LogP contribution is 2.23. The van der Waals surface area contributed by atoms with Gasteiger partial charge < -0.3 is 4.52 Å². The second-order valence-corrected chi connectivity index (χ2v) is 4.40. The van der Waals surface area contributed by atoms with Gasteiger partial charge in [-0.15, -0.1) is 0 Å². The third kappa shape index (κ3) is 2.82. The molecule has 2 aromatic rings. The van der Waals surface area contributed by atoms with Crippen molar-refractivity contribution in [1.29, 1.82) is 5.26 Å². The van der Waals surface area contributed by atoms with E-state index in [9.17, 15) is 0 Å². The van der Waals surface area contributed by atoms with Gasteiger partial charge in [0, 0.05) is 12.6 Å². The lowest BCUT2D eigenvalue weighted by Crippen LogP contribution is -1.91. The van der Waals surface area contributed by atoms with E-state index in [4.69, 9.17) is 9.78 Å². The number of aromatic nitrogens is 3. The molecule has 0 radical (unpaired) electrons. The van der Waals surface area contributed by atoms with Crippen LogP contribution in [0.4, 0.5) is 0 Å². The largest absolute Gasteiger partial charge is 0.340 e. The van der Waals surface area contributed by atoms with Gasteiger partial charge in [-0.25, -0.2) is 4.98 Å². The molecule has 17 heavy (non-hydrogen) atoms. The van der Waals surface area contributed by atoms with Crippen LogP contribution in [0.1, 0.15) is 23.0 Å². The predicted molar refractivity (Wildman–Crippen MR) is 62.3 cm³/mol. The molecule has 2 heterocycles. The summed E-state index contributed by atoms with van der Waals surface area (Å²) in [5, 5.41) is 13.5. The fourth-order valence-electron chi connectivity index (χ4n) is 1.26. The molecule has 0 unspecified atom stereocenters. The van der Waals surface area contributed by atoms with Crippen LogP contribution in [-0.2, 0) is 5.75 Å². The highest BCUT2D eigenvalue weighted by Gasteiger charge is 2.08. The molecule has 0 N–H and O–H groups in total. The van der Waals surface area contributed by atoms with Gasteiger partial charge >= 0.3 is 0 Å². The van der Waals surface area contributed by atoms with E-state index < -0.39 is 0 Å². The van der Waals surface area contributed by atoms with Gasteiger partial charge in [0.25, 0.3) is 0 Å². The smallest absolute Gasteiger partial charge is 0.223 e. The molecular formula is C11H10N4OS. The molecule has 0 atom stereocenters. The van der Waals surface area contributed by atoms with Crippen molar-refractivity contribution in [3.8, 4) is 6.07 Å². The molecule has 0 saturated carbocycles. The standard InChI is InChI=1S/C11H10N4OS/c1-7-3-4-9(5-12)11(13-7)17-6-10-14-8(2)16-15-10/h3-4H,6H2,1-2H3. The summed E-state index contributed by atoms with van der Waals surface area (Å²) in [6, 6.07) is 5.71. The first-order valence-electron chi connectivity index (χ1n) is 4.99. The Hall–Kier alpha value is -1.87. The van der Waals surface area contributed by atoms with Gasteiger partial charge in [0.05, 0.1) is 11.3 Å². The lowest BCUT2D eigenvalue weighted by molar-refractivity contribution is 0.389. The molecule has 0 amide bonds. The minimum atomic E-state index is 0.540. The van der Waals surface area contributed by atoms with E-state index in [0.29, 0.717) is 28.1 Å². The topological polar surface area (TPSA) is 75.6 Å². The fourth-order valence-corrected chi connectivity index (χ4v) is 2.12. The Morgan fingerprint density at radius 1 is 1.35 bits per heavy atom. The van der Waals surface area contributed by atoms with Crippen LogP contribution in [0, 0.1) is 25.2 Å². The minimum Gasteiger partial charge on any atom is -0.340 e. The lowest BCUT2D eigenvalue weighted by atomic mass is 10.3. The van der Waals surface area contributed by atoms with Gasteiger partial charge in [-0.05, 0) is 19.1 Å². The number of nitriles is 1. The zero-order valence-corrected chi connectivity index (χ0v) is 10.3. The molecule has 0 aliphatic rings.